The number of benzene rings is 3. The number of hydrogen-bond acceptors (Lipinski definition) is 2. The molecule has 1 N–H and O–H groups in total. The van der Waals surface area contributed by atoms with Crippen molar-refractivity contribution in [1.29, 1.82) is 0 Å². The average molecular weight is 463 g/mol. The zero-order valence-corrected chi connectivity index (χ0v) is 17.6. The largest absolute Gasteiger partial charge is 0.416 e. The molecule has 1 aliphatic rings. The lowest BCUT2D eigenvalue weighted by molar-refractivity contribution is -0.137. The SMILES string of the molecule is O=C(Cc1ccc(F)cc1)Nc1ccc2c(c1)CCN2Cc1cc(C(F)(F)F)ccc1Cl. The normalized spacial score (nSPS) is 13.2. The number of alkyl halides is 3. The molecule has 0 bridgehead atoms. The molecule has 32 heavy (non-hydrogen) atoms. The molecule has 0 aliphatic carbocycles. The Hall–Kier alpha value is -3.06. The van der Waals surface area contributed by atoms with Gasteiger partial charge in [-0.1, -0.05) is 23.7 Å². The van der Waals surface area contributed by atoms with Crippen molar-refractivity contribution in [2.75, 3.05) is 16.8 Å². The number of anilines is 2. The highest BCUT2D eigenvalue weighted by Gasteiger charge is 2.31. The Balaban J connectivity index is 1.45. The molecule has 0 atom stereocenters. The van der Waals surface area contributed by atoms with E-state index in [0.717, 1.165) is 23.4 Å². The van der Waals surface area contributed by atoms with Crippen molar-refractivity contribution in [3.63, 3.8) is 0 Å². The molecular weight excluding hydrogens is 444 g/mol. The van der Waals surface area contributed by atoms with Gasteiger partial charge in [0.15, 0.2) is 0 Å². The molecule has 0 saturated heterocycles. The molecule has 4 rings (SSSR count). The van der Waals surface area contributed by atoms with Crippen LogP contribution in [0.3, 0.4) is 0 Å². The van der Waals surface area contributed by atoms with Crippen LogP contribution in [-0.2, 0) is 30.4 Å². The maximum Gasteiger partial charge on any atom is 0.416 e. The quantitative estimate of drug-likeness (QED) is 0.455. The van der Waals surface area contributed by atoms with Crippen molar-refractivity contribution in [3.8, 4) is 0 Å². The molecule has 166 valence electrons. The van der Waals surface area contributed by atoms with Gasteiger partial charge in [0, 0.05) is 29.5 Å². The van der Waals surface area contributed by atoms with Gasteiger partial charge in [-0.3, -0.25) is 4.79 Å². The highest BCUT2D eigenvalue weighted by atomic mass is 35.5. The summed E-state index contributed by atoms with van der Waals surface area (Å²) in [5.41, 5.74) is 2.91. The number of hydrogen-bond donors (Lipinski definition) is 1. The number of carbonyl (C=O) groups is 1. The monoisotopic (exact) mass is 462 g/mol. The topological polar surface area (TPSA) is 32.3 Å². The van der Waals surface area contributed by atoms with E-state index >= 15 is 0 Å². The maximum atomic E-state index is 13.0. The molecule has 8 heteroatoms. The first-order valence-electron chi connectivity index (χ1n) is 9.97. The van der Waals surface area contributed by atoms with Crippen LogP contribution in [0.1, 0.15) is 22.3 Å². The Morgan fingerprint density at radius 3 is 2.50 bits per heavy atom. The Bertz CT molecular complexity index is 1150. The number of amides is 1. The van der Waals surface area contributed by atoms with E-state index in [-0.39, 0.29) is 29.7 Å². The lowest BCUT2D eigenvalue weighted by atomic mass is 10.1. The summed E-state index contributed by atoms with van der Waals surface area (Å²) in [4.78, 5) is 14.3. The Morgan fingerprint density at radius 2 is 1.78 bits per heavy atom. The molecular formula is C24H19ClF4N2O. The Labute approximate surface area is 187 Å². The van der Waals surface area contributed by atoms with Crippen LogP contribution in [0.25, 0.3) is 0 Å². The van der Waals surface area contributed by atoms with Gasteiger partial charge >= 0.3 is 6.18 Å². The summed E-state index contributed by atoms with van der Waals surface area (Å²) in [5.74, 6) is -0.578. The van der Waals surface area contributed by atoms with E-state index < -0.39 is 11.7 Å². The van der Waals surface area contributed by atoms with Crippen LogP contribution in [0.5, 0.6) is 0 Å². The smallest absolute Gasteiger partial charge is 0.367 e. The van der Waals surface area contributed by atoms with Gasteiger partial charge in [0.2, 0.25) is 5.91 Å². The van der Waals surface area contributed by atoms with Gasteiger partial charge in [-0.15, -0.1) is 0 Å². The molecule has 0 saturated carbocycles. The molecule has 1 heterocycles. The number of nitrogens with zero attached hydrogens (tertiary/aromatic N) is 1. The van der Waals surface area contributed by atoms with Crippen LogP contribution in [-0.4, -0.2) is 12.5 Å². The summed E-state index contributed by atoms with van der Waals surface area (Å²) in [6.07, 6.45) is -3.60. The summed E-state index contributed by atoms with van der Waals surface area (Å²) in [7, 11) is 0. The van der Waals surface area contributed by atoms with Crippen LogP contribution in [0, 0.1) is 5.82 Å². The second-order valence-electron chi connectivity index (χ2n) is 7.67. The number of fused-ring (bicyclic) bond motifs is 1. The Kier molecular flexibility index (Phi) is 6.11. The van der Waals surface area contributed by atoms with E-state index in [9.17, 15) is 22.4 Å². The molecule has 3 aromatic carbocycles. The van der Waals surface area contributed by atoms with Gasteiger partial charge in [-0.05, 0) is 71.6 Å². The third-order valence-corrected chi connectivity index (χ3v) is 5.74. The fraction of sp³-hybridized carbons (Fsp3) is 0.208. The second kappa shape index (κ2) is 8.82. The number of nitrogens with one attached hydrogen (secondary N) is 1. The molecule has 0 fully saturated rings. The molecule has 0 radical (unpaired) electrons. The summed E-state index contributed by atoms with van der Waals surface area (Å²) < 4.78 is 52.1. The van der Waals surface area contributed by atoms with Crippen molar-refractivity contribution < 1.29 is 22.4 Å². The molecule has 0 unspecified atom stereocenters. The summed E-state index contributed by atoms with van der Waals surface area (Å²) in [5, 5.41) is 3.12. The minimum Gasteiger partial charge on any atom is -0.367 e. The van der Waals surface area contributed by atoms with Gasteiger partial charge in [0.25, 0.3) is 0 Å². The van der Waals surface area contributed by atoms with Gasteiger partial charge in [-0.2, -0.15) is 13.2 Å². The lowest BCUT2D eigenvalue weighted by Gasteiger charge is -2.21. The summed E-state index contributed by atoms with van der Waals surface area (Å²) in [6.45, 7) is 0.890. The standard InChI is InChI=1S/C24H19ClF4N2O/c25-21-7-3-18(24(27,28)29)12-17(21)14-31-10-9-16-13-20(6-8-22(16)31)30-23(32)11-15-1-4-19(26)5-2-15/h1-8,12-13H,9-11,14H2,(H,30,32). The van der Waals surface area contributed by atoms with Gasteiger partial charge < -0.3 is 10.2 Å². The highest BCUT2D eigenvalue weighted by Crippen LogP contribution is 2.35. The first kappa shape index (κ1) is 22.1. The van der Waals surface area contributed by atoms with Crippen LogP contribution in [0.15, 0.2) is 60.7 Å². The van der Waals surface area contributed by atoms with Crippen molar-refractivity contribution in [3.05, 3.63) is 93.8 Å². The number of carbonyl (C=O) groups excluding carboxylic acids is 1. The molecule has 3 nitrogen and oxygen atoms in total. The van der Waals surface area contributed by atoms with Crippen molar-refractivity contribution in [1.82, 2.24) is 0 Å². The van der Waals surface area contributed by atoms with Gasteiger partial charge in [0.1, 0.15) is 5.82 Å². The third-order valence-electron chi connectivity index (χ3n) is 5.37. The zero-order chi connectivity index (χ0) is 22.9. The van der Waals surface area contributed by atoms with Crippen LogP contribution in [0.4, 0.5) is 28.9 Å². The third kappa shape index (κ3) is 5.05. The summed E-state index contributed by atoms with van der Waals surface area (Å²) in [6, 6.07) is 14.6. The molecule has 1 aliphatic heterocycles. The minimum absolute atomic E-state index is 0.123. The van der Waals surface area contributed by atoms with E-state index in [1.165, 1.54) is 18.2 Å². The minimum atomic E-state index is -4.43. The van der Waals surface area contributed by atoms with Crippen molar-refractivity contribution in [2.24, 2.45) is 0 Å². The van der Waals surface area contributed by atoms with Crippen molar-refractivity contribution >= 4 is 28.9 Å². The lowest BCUT2D eigenvalue weighted by Crippen LogP contribution is -2.20. The fourth-order valence-electron chi connectivity index (χ4n) is 3.78. The first-order chi connectivity index (χ1) is 15.2. The van der Waals surface area contributed by atoms with Crippen LogP contribution >= 0.6 is 11.6 Å². The molecule has 1 amide bonds. The average Bonchev–Trinajstić information content (AvgIpc) is 3.12. The van der Waals surface area contributed by atoms with Crippen molar-refractivity contribution in [2.45, 2.75) is 25.6 Å². The van der Waals surface area contributed by atoms with E-state index in [1.54, 1.807) is 18.2 Å². The summed E-state index contributed by atoms with van der Waals surface area (Å²) >= 11 is 6.15. The highest BCUT2D eigenvalue weighted by molar-refractivity contribution is 6.31. The second-order valence-corrected chi connectivity index (χ2v) is 8.08. The van der Waals surface area contributed by atoms with E-state index in [2.05, 4.69) is 5.32 Å². The van der Waals surface area contributed by atoms with E-state index in [4.69, 9.17) is 11.6 Å². The Morgan fingerprint density at radius 1 is 1.03 bits per heavy atom. The van der Waals surface area contributed by atoms with Gasteiger partial charge in [0.05, 0.1) is 12.0 Å². The van der Waals surface area contributed by atoms with Crippen LogP contribution < -0.4 is 10.2 Å². The maximum absolute atomic E-state index is 13.0. The van der Waals surface area contributed by atoms with E-state index in [1.807, 2.05) is 17.0 Å². The molecule has 3 aromatic rings. The predicted molar refractivity (Wildman–Crippen MR) is 116 cm³/mol. The van der Waals surface area contributed by atoms with E-state index in [0.29, 0.717) is 29.8 Å². The fourth-order valence-corrected chi connectivity index (χ4v) is 3.96. The predicted octanol–water partition coefficient (Wildman–Crippen LogP) is 6.24. The number of halogens is 5. The molecule has 0 spiro atoms. The molecule has 0 aromatic heterocycles. The first-order valence-corrected chi connectivity index (χ1v) is 10.3. The van der Waals surface area contributed by atoms with Crippen LogP contribution in [0.2, 0.25) is 5.02 Å². The van der Waals surface area contributed by atoms with Gasteiger partial charge in [-0.25, -0.2) is 4.39 Å². The number of rotatable bonds is 5. The zero-order valence-electron chi connectivity index (χ0n) is 16.8.